The van der Waals surface area contributed by atoms with Crippen LogP contribution in [0.3, 0.4) is 0 Å². The van der Waals surface area contributed by atoms with Crippen molar-refractivity contribution < 1.29 is 19.3 Å². The fourth-order valence-corrected chi connectivity index (χ4v) is 4.02. The number of aliphatic hydroxyl groups is 1. The normalized spacial score (nSPS) is 18.4. The summed E-state index contributed by atoms with van der Waals surface area (Å²) in [7, 11) is 3.33. The number of guanidine groups is 1. The van der Waals surface area contributed by atoms with Crippen molar-refractivity contribution in [1.82, 2.24) is 15.6 Å². The Bertz CT molecular complexity index is 865. The highest BCUT2D eigenvalue weighted by atomic mass is 127. The zero-order valence-corrected chi connectivity index (χ0v) is 21.7. The number of ether oxygens (including phenoxy) is 3. The van der Waals surface area contributed by atoms with Gasteiger partial charge in [-0.1, -0.05) is 0 Å². The SMILES string of the molecule is CCNC(=NCC1(CCO)CCOC1)NCCCc1cc2c(OC)cc(OC)cc2[nH]1.I. The predicted octanol–water partition coefficient (Wildman–Crippen LogP) is 3.08. The maximum absolute atomic E-state index is 9.40. The molecule has 32 heavy (non-hydrogen) atoms. The number of fused-ring (bicyclic) bond motifs is 1. The molecular formula is C23H37IN4O4. The van der Waals surface area contributed by atoms with Gasteiger partial charge in [0.05, 0.1) is 32.9 Å². The molecule has 0 bridgehead atoms. The molecule has 1 aliphatic rings. The molecule has 0 saturated carbocycles. The third-order valence-corrected chi connectivity index (χ3v) is 5.84. The molecule has 1 unspecified atom stereocenters. The van der Waals surface area contributed by atoms with Gasteiger partial charge in [0.15, 0.2) is 5.96 Å². The number of rotatable bonds is 11. The van der Waals surface area contributed by atoms with Crippen LogP contribution in [0.15, 0.2) is 23.2 Å². The minimum absolute atomic E-state index is 0. The zero-order valence-electron chi connectivity index (χ0n) is 19.3. The topological polar surface area (TPSA) is 100 Å². The molecule has 0 aliphatic carbocycles. The van der Waals surface area contributed by atoms with Gasteiger partial charge in [0.1, 0.15) is 11.5 Å². The van der Waals surface area contributed by atoms with Crippen LogP contribution in [0.25, 0.3) is 10.9 Å². The molecule has 1 fully saturated rings. The van der Waals surface area contributed by atoms with Crippen molar-refractivity contribution in [1.29, 1.82) is 0 Å². The Balaban J connectivity index is 0.00000363. The minimum atomic E-state index is -0.0401. The lowest BCUT2D eigenvalue weighted by Gasteiger charge is -2.24. The molecule has 8 nitrogen and oxygen atoms in total. The average molecular weight is 560 g/mol. The highest BCUT2D eigenvalue weighted by Gasteiger charge is 2.34. The van der Waals surface area contributed by atoms with Crippen molar-refractivity contribution in [2.45, 2.75) is 32.6 Å². The van der Waals surface area contributed by atoms with Crippen LogP contribution in [0.4, 0.5) is 0 Å². The number of halogens is 1. The Hall–Kier alpha value is -1.72. The molecule has 0 radical (unpaired) electrons. The van der Waals surface area contributed by atoms with E-state index in [0.717, 1.165) is 79.4 Å². The Kier molecular flexibility index (Phi) is 10.9. The summed E-state index contributed by atoms with van der Waals surface area (Å²) in [5.41, 5.74) is 2.14. The summed E-state index contributed by atoms with van der Waals surface area (Å²) in [6, 6.07) is 6.04. The van der Waals surface area contributed by atoms with Gasteiger partial charge in [-0.15, -0.1) is 24.0 Å². The lowest BCUT2D eigenvalue weighted by atomic mass is 9.84. The third-order valence-electron chi connectivity index (χ3n) is 5.84. The van der Waals surface area contributed by atoms with Crippen LogP contribution in [0.5, 0.6) is 11.5 Å². The quantitative estimate of drug-likeness (QED) is 0.146. The first-order valence-electron chi connectivity index (χ1n) is 11.1. The molecule has 1 atom stereocenters. The first-order chi connectivity index (χ1) is 15.1. The van der Waals surface area contributed by atoms with Gasteiger partial charge in [0, 0.05) is 54.9 Å². The smallest absolute Gasteiger partial charge is 0.191 e. The Morgan fingerprint density at radius 2 is 2.09 bits per heavy atom. The van der Waals surface area contributed by atoms with Gasteiger partial charge in [0.25, 0.3) is 0 Å². The Labute approximate surface area is 207 Å². The molecule has 2 heterocycles. The monoisotopic (exact) mass is 560 g/mol. The Morgan fingerprint density at radius 1 is 1.25 bits per heavy atom. The van der Waals surface area contributed by atoms with E-state index in [2.05, 4.69) is 28.6 Å². The molecule has 4 N–H and O–H groups in total. The van der Waals surface area contributed by atoms with Gasteiger partial charge >= 0.3 is 0 Å². The van der Waals surface area contributed by atoms with Gasteiger partial charge in [0.2, 0.25) is 0 Å². The standard InChI is InChI=1S/C23H36N4O4.HI/c1-4-24-22(26-15-23(7-10-28)8-11-31-16-23)25-9-5-6-17-12-19-20(27-17)13-18(29-2)14-21(19)30-3;/h12-14,27-28H,4-11,15-16H2,1-3H3,(H2,24,25,26);1H. The largest absolute Gasteiger partial charge is 0.497 e. The number of benzene rings is 1. The van der Waals surface area contributed by atoms with Gasteiger partial charge in [-0.05, 0) is 38.7 Å². The van der Waals surface area contributed by atoms with Crippen LogP contribution in [-0.4, -0.2) is 69.7 Å². The lowest BCUT2D eigenvalue weighted by Crippen LogP contribution is -2.39. The number of aliphatic imine (C=N–C) groups is 1. The van der Waals surface area contributed by atoms with E-state index in [4.69, 9.17) is 19.2 Å². The highest BCUT2D eigenvalue weighted by Crippen LogP contribution is 2.33. The summed E-state index contributed by atoms with van der Waals surface area (Å²) in [6.07, 6.45) is 3.55. The van der Waals surface area contributed by atoms with Gasteiger partial charge < -0.3 is 34.9 Å². The van der Waals surface area contributed by atoms with Gasteiger partial charge in [-0.2, -0.15) is 0 Å². The molecule has 1 aliphatic heterocycles. The number of aryl methyl sites for hydroxylation is 1. The number of aliphatic hydroxyl groups excluding tert-OH is 1. The maximum Gasteiger partial charge on any atom is 0.191 e. The fourth-order valence-electron chi connectivity index (χ4n) is 4.02. The molecule has 180 valence electrons. The first-order valence-corrected chi connectivity index (χ1v) is 11.1. The zero-order chi connectivity index (χ0) is 22.1. The van der Waals surface area contributed by atoms with Crippen molar-refractivity contribution in [3.8, 4) is 11.5 Å². The second-order valence-electron chi connectivity index (χ2n) is 8.09. The first kappa shape index (κ1) is 26.5. The molecule has 0 amide bonds. The molecule has 9 heteroatoms. The second kappa shape index (κ2) is 13.1. The van der Waals surface area contributed by atoms with Crippen LogP contribution in [0.2, 0.25) is 0 Å². The van der Waals surface area contributed by atoms with Crippen LogP contribution < -0.4 is 20.1 Å². The summed E-state index contributed by atoms with van der Waals surface area (Å²) in [5.74, 6) is 2.40. The number of aromatic nitrogens is 1. The molecule has 1 aromatic carbocycles. The van der Waals surface area contributed by atoms with Crippen molar-refractivity contribution in [2.24, 2.45) is 10.4 Å². The van der Waals surface area contributed by atoms with E-state index in [1.807, 2.05) is 12.1 Å². The Morgan fingerprint density at radius 3 is 2.75 bits per heavy atom. The van der Waals surface area contributed by atoms with E-state index in [9.17, 15) is 5.11 Å². The lowest BCUT2D eigenvalue weighted by molar-refractivity contribution is 0.131. The molecule has 3 rings (SSSR count). The maximum atomic E-state index is 9.40. The molecule has 1 aromatic heterocycles. The van der Waals surface area contributed by atoms with E-state index in [-0.39, 0.29) is 36.0 Å². The van der Waals surface area contributed by atoms with Crippen LogP contribution in [0, 0.1) is 5.41 Å². The highest BCUT2D eigenvalue weighted by molar-refractivity contribution is 14.0. The predicted molar refractivity (Wildman–Crippen MR) is 139 cm³/mol. The van der Waals surface area contributed by atoms with E-state index >= 15 is 0 Å². The summed E-state index contributed by atoms with van der Waals surface area (Å²) in [5, 5.41) is 17.2. The van der Waals surface area contributed by atoms with Crippen LogP contribution in [-0.2, 0) is 11.2 Å². The third kappa shape index (κ3) is 6.89. The number of nitrogens with one attached hydrogen (secondary N) is 3. The van der Waals surface area contributed by atoms with Gasteiger partial charge in [-0.3, -0.25) is 4.99 Å². The van der Waals surface area contributed by atoms with Gasteiger partial charge in [-0.25, -0.2) is 0 Å². The molecule has 2 aromatic rings. The molecular weight excluding hydrogens is 523 g/mol. The number of hydrogen-bond acceptors (Lipinski definition) is 5. The number of hydrogen-bond donors (Lipinski definition) is 4. The molecule has 0 spiro atoms. The number of nitrogens with zero attached hydrogens (tertiary/aromatic N) is 1. The van der Waals surface area contributed by atoms with E-state index in [0.29, 0.717) is 13.2 Å². The van der Waals surface area contributed by atoms with Crippen molar-refractivity contribution in [2.75, 3.05) is 53.7 Å². The summed E-state index contributed by atoms with van der Waals surface area (Å²) < 4.78 is 16.4. The van der Waals surface area contributed by atoms with E-state index in [1.165, 1.54) is 0 Å². The van der Waals surface area contributed by atoms with Crippen molar-refractivity contribution in [3.05, 3.63) is 23.9 Å². The fraction of sp³-hybridized carbons (Fsp3) is 0.609. The van der Waals surface area contributed by atoms with E-state index in [1.54, 1.807) is 14.2 Å². The van der Waals surface area contributed by atoms with Crippen LogP contribution >= 0.6 is 24.0 Å². The molecule has 1 saturated heterocycles. The average Bonchev–Trinajstić information content (AvgIpc) is 3.41. The van der Waals surface area contributed by atoms with Crippen molar-refractivity contribution >= 4 is 40.8 Å². The minimum Gasteiger partial charge on any atom is -0.497 e. The number of methoxy groups -OCH3 is 2. The van der Waals surface area contributed by atoms with Crippen LogP contribution in [0.1, 0.15) is 31.9 Å². The van der Waals surface area contributed by atoms with E-state index < -0.39 is 0 Å². The number of aromatic amines is 1. The summed E-state index contributed by atoms with van der Waals surface area (Å²) >= 11 is 0. The summed E-state index contributed by atoms with van der Waals surface area (Å²) in [4.78, 5) is 8.24. The van der Waals surface area contributed by atoms with Crippen molar-refractivity contribution in [3.63, 3.8) is 0 Å². The number of H-pyrrole nitrogens is 1. The summed E-state index contributed by atoms with van der Waals surface area (Å²) in [6.45, 7) is 5.93. The second-order valence-corrected chi connectivity index (χ2v) is 8.09.